The van der Waals surface area contributed by atoms with Crippen molar-refractivity contribution in [1.29, 1.82) is 0 Å². The number of amides is 1. The molecule has 0 saturated carbocycles. The molecule has 1 aromatic carbocycles. The number of nitrogens with one attached hydrogen (secondary N) is 2. The number of Topliss-reactive ketones (excluding diaryl/α,β-unsaturated/α-hetero) is 1. The van der Waals surface area contributed by atoms with Crippen molar-refractivity contribution in [1.82, 2.24) is 10.0 Å². The van der Waals surface area contributed by atoms with E-state index in [1.54, 1.807) is 31.4 Å². The van der Waals surface area contributed by atoms with E-state index in [-0.39, 0.29) is 36.8 Å². The molecule has 23 heavy (non-hydrogen) atoms. The van der Waals surface area contributed by atoms with E-state index < -0.39 is 10.0 Å². The number of carbonyl (C=O) groups is 2. The van der Waals surface area contributed by atoms with Crippen LogP contribution in [0, 0.1) is 0 Å². The Hall–Kier alpha value is -1.93. The number of hydrogen-bond donors (Lipinski definition) is 2. The molecule has 0 atom stereocenters. The van der Waals surface area contributed by atoms with Gasteiger partial charge in [-0.25, -0.2) is 13.1 Å². The normalized spacial score (nSPS) is 11.0. The topological polar surface area (TPSA) is 102 Å². The number of benzene rings is 1. The Labute approximate surface area is 136 Å². The predicted molar refractivity (Wildman–Crippen MR) is 87.0 cm³/mol. The minimum atomic E-state index is -3.32. The molecule has 1 amide bonds. The lowest BCUT2D eigenvalue weighted by atomic mass is 10.1. The van der Waals surface area contributed by atoms with Gasteiger partial charge < -0.3 is 10.1 Å². The Balaban J connectivity index is 2.27. The second-order valence-electron chi connectivity index (χ2n) is 4.88. The van der Waals surface area contributed by atoms with Gasteiger partial charge in [-0.2, -0.15) is 0 Å². The molecule has 8 heteroatoms. The summed E-state index contributed by atoms with van der Waals surface area (Å²) in [5.41, 5.74) is 0.575. The Morgan fingerprint density at radius 2 is 1.78 bits per heavy atom. The number of ketones is 1. The number of carbonyl (C=O) groups excluding carboxylic acids is 2. The van der Waals surface area contributed by atoms with Gasteiger partial charge in [-0.3, -0.25) is 9.59 Å². The van der Waals surface area contributed by atoms with Crippen molar-refractivity contribution in [3.05, 3.63) is 29.8 Å². The van der Waals surface area contributed by atoms with Crippen LogP contribution >= 0.6 is 0 Å². The van der Waals surface area contributed by atoms with Crippen LogP contribution in [0.3, 0.4) is 0 Å². The van der Waals surface area contributed by atoms with Crippen LogP contribution in [0.15, 0.2) is 24.3 Å². The summed E-state index contributed by atoms with van der Waals surface area (Å²) in [6.07, 6.45) is 0.853. The average Bonchev–Trinajstić information content (AvgIpc) is 2.54. The molecule has 7 nitrogen and oxygen atoms in total. The molecule has 1 rings (SSSR count). The molecule has 0 fully saturated rings. The fourth-order valence-corrected chi connectivity index (χ4v) is 2.42. The van der Waals surface area contributed by atoms with Crippen LogP contribution in [0.25, 0.3) is 0 Å². The number of hydrogen-bond acceptors (Lipinski definition) is 5. The van der Waals surface area contributed by atoms with Crippen molar-refractivity contribution in [2.75, 3.05) is 26.5 Å². The Morgan fingerprint density at radius 1 is 1.13 bits per heavy atom. The molecule has 0 unspecified atom stereocenters. The van der Waals surface area contributed by atoms with Crippen LogP contribution in [-0.2, 0) is 14.8 Å². The maximum absolute atomic E-state index is 12.0. The molecule has 1 aromatic rings. The quantitative estimate of drug-likeness (QED) is 0.610. The van der Waals surface area contributed by atoms with E-state index in [0.717, 1.165) is 0 Å². The summed E-state index contributed by atoms with van der Waals surface area (Å²) < 4.78 is 29.5. The zero-order valence-electron chi connectivity index (χ0n) is 13.3. The van der Waals surface area contributed by atoms with Gasteiger partial charge in [0.2, 0.25) is 15.9 Å². The van der Waals surface area contributed by atoms with E-state index in [0.29, 0.717) is 17.7 Å². The third-order valence-corrected chi connectivity index (χ3v) is 4.59. The number of ether oxygens (including phenoxy) is 1. The second kappa shape index (κ2) is 9.26. The first-order chi connectivity index (χ1) is 10.9. The van der Waals surface area contributed by atoms with E-state index in [1.165, 1.54) is 7.05 Å². The highest BCUT2D eigenvalue weighted by Crippen LogP contribution is 2.13. The maximum Gasteiger partial charge on any atom is 0.220 e. The molecule has 0 aromatic heterocycles. The van der Waals surface area contributed by atoms with Gasteiger partial charge in [0.25, 0.3) is 0 Å². The zero-order chi connectivity index (χ0) is 17.3. The molecule has 0 aliphatic carbocycles. The average molecular weight is 342 g/mol. The molecule has 0 aliphatic rings. The van der Waals surface area contributed by atoms with Crippen molar-refractivity contribution >= 4 is 21.7 Å². The predicted octanol–water partition coefficient (Wildman–Crippen LogP) is 0.714. The summed E-state index contributed by atoms with van der Waals surface area (Å²) in [6, 6.07) is 6.79. The largest absolute Gasteiger partial charge is 0.497 e. The first-order valence-corrected chi connectivity index (χ1v) is 8.88. The van der Waals surface area contributed by atoms with Crippen LogP contribution in [0.1, 0.15) is 29.6 Å². The Morgan fingerprint density at radius 3 is 2.35 bits per heavy atom. The van der Waals surface area contributed by atoms with Gasteiger partial charge in [0.1, 0.15) is 5.75 Å². The molecular weight excluding hydrogens is 320 g/mol. The summed E-state index contributed by atoms with van der Waals surface area (Å²) in [5.74, 6) is 0.203. The maximum atomic E-state index is 12.0. The molecule has 0 aliphatic heterocycles. The molecule has 128 valence electrons. The van der Waals surface area contributed by atoms with E-state index in [9.17, 15) is 18.0 Å². The van der Waals surface area contributed by atoms with Crippen LogP contribution in [0.4, 0.5) is 0 Å². The van der Waals surface area contributed by atoms with Gasteiger partial charge in [0.05, 0.1) is 12.9 Å². The van der Waals surface area contributed by atoms with Crippen molar-refractivity contribution in [3.63, 3.8) is 0 Å². The van der Waals surface area contributed by atoms with Gasteiger partial charge in [-0.15, -0.1) is 0 Å². The lowest BCUT2D eigenvalue weighted by Crippen LogP contribution is -2.32. The zero-order valence-corrected chi connectivity index (χ0v) is 14.1. The van der Waals surface area contributed by atoms with E-state index in [4.69, 9.17) is 4.74 Å². The number of methoxy groups -OCH3 is 1. The SMILES string of the molecule is CNS(=O)(=O)CCNC(=O)CCCC(=O)c1ccc(OC)cc1. The number of sulfonamides is 1. The van der Waals surface area contributed by atoms with E-state index in [1.807, 2.05) is 0 Å². The van der Waals surface area contributed by atoms with Gasteiger partial charge >= 0.3 is 0 Å². The highest BCUT2D eigenvalue weighted by atomic mass is 32.2. The van der Waals surface area contributed by atoms with Crippen LogP contribution in [-0.4, -0.2) is 46.6 Å². The first-order valence-electron chi connectivity index (χ1n) is 7.23. The van der Waals surface area contributed by atoms with Gasteiger partial charge in [0, 0.05) is 24.9 Å². The molecule has 0 bridgehead atoms. The van der Waals surface area contributed by atoms with Crippen molar-refractivity contribution in [3.8, 4) is 5.75 Å². The van der Waals surface area contributed by atoms with E-state index >= 15 is 0 Å². The molecule has 2 N–H and O–H groups in total. The molecular formula is C15H22N2O5S. The van der Waals surface area contributed by atoms with Crippen molar-refractivity contribution in [2.24, 2.45) is 0 Å². The fourth-order valence-electron chi connectivity index (χ4n) is 1.85. The third kappa shape index (κ3) is 7.25. The van der Waals surface area contributed by atoms with Gasteiger partial charge in [0.15, 0.2) is 5.78 Å². The summed E-state index contributed by atoms with van der Waals surface area (Å²) in [5, 5.41) is 2.52. The monoisotopic (exact) mass is 342 g/mol. The van der Waals surface area contributed by atoms with Crippen molar-refractivity contribution < 1.29 is 22.7 Å². The standard InChI is InChI=1S/C15H22N2O5S/c1-16-23(20,21)11-10-17-15(19)5-3-4-14(18)12-6-8-13(22-2)9-7-12/h6-9,16H,3-5,10-11H2,1-2H3,(H,17,19). The Bertz CT molecular complexity index is 626. The van der Waals surface area contributed by atoms with Crippen LogP contribution in [0.5, 0.6) is 5.75 Å². The lowest BCUT2D eigenvalue weighted by Gasteiger charge is -2.06. The van der Waals surface area contributed by atoms with Crippen LogP contribution < -0.4 is 14.8 Å². The first kappa shape index (κ1) is 19.1. The summed E-state index contributed by atoms with van der Waals surface area (Å²) in [6.45, 7) is 0.0500. The molecule has 0 radical (unpaired) electrons. The summed E-state index contributed by atoms with van der Waals surface area (Å²) in [4.78, 5) is 23.5. The minimum absolute atomic E-state index is 0.0433. The smallest absolute Gasteiger partial charge is 0.220 e. The summed E-state index contributed by atoms with van der Waals surface area (Å²) in [7, 11) is -0.446. The molecule has 0 spiro atoms. The summed E-state index contributed by atoms with van der Waals surface area (Å²) >= 11 is 0. The van der Waals surface area contributed by atoms with E-state index in [2.05, 4.69) is 10.0 Å². The van der Waals surface area contributed by atoms with Crippen molar-refractivity contribution in [2.45, 2.75) is 19.3 Å². The fraction of sp³-hybridized carbons (Fsp3) is 0.467. The highest BCUT2D eigenvalue weighted by Gasteiger charge is 2.10. The molecule has 0 saturated heterocycles. The van der Waals surface area contributed by atoms with Gasteiger partial charge in [-0.05, 0) is 37.7 Å². The lowest BCUT2D eigenvalue weighted by molar-refractivity contribution is -0.121. The number of rotatable bonds is 10. The molecule has 0 heterocycles. The third-order valence-electron chi connectivity index (χ3n) is 3.22. The Kier molecular flexibility index (Phi) is 7.70. The highest BCUT2D eigenvalue weighted by molar-refractivity contribution is 7.89. The minimum Gasteiger partial charge on any atom is -0.497 e. The second-order valence-corrected chi connectivity index (χ2v) is 6.92. The van der Waals surface area contributed by atoms with Gasteiger partial charge in [-0.1, -0.05) is 0 Å². The van der Waals surface area contributed by atoms with Crippen LogP contribution in [0.2, 0.25) is 0 Å².